The molecule has 0 radical (unpaired) electrons. The molecule has 0 saturated carbocycles. The number of hydrogen-bond donors (Lipinski definition) is 1. The highest BCUT2D eigenvalue weighted by Crippen LogP contribution is 2.19. The summed E-state index contributed by atoms with van der Waals surface area (Å²) in [5.41, 5.74) is 1.65. The lowest BCUT2D eigenvalue weighted by Crippen LogP contribution is -2.14. The molecule has 1 N–H and O–H groups in total. The van der Waals surface area contributed by atoms with Gasteiger partial charge in [-0.15, -0.1) is 0 Å². The molecule has 0 aromatic heterocycles. The first-order valence-electron chi connectivity index (χ1n) is 5.11. The lowest BCUT2D eigenvalue weighted by molar-refractivity contribution is -0.385. The minimum absolute atomic E-state index is 0.148. The maximum absolute atomic E-state index is 10.7. The van der Waals surface area contributed by atoms with Gasteiger partial charge in [-0.3, -0.25) is 10.1 Å². The van der Waals surface area contributed by atoms with Crippen molar-refractivity contribution < 1.29 is 9.66 Å². The summed E-state index contributed by atoms with van der Waals surface area (Å²) < 4.78 is 5.35. The number of nitrogens with zero attached hydrogens (tertiary/aromatic N) is 1. The van der Waals surface area contributed by atoms with E-state index in [0.717, 1.165) is 12.1 Å². The molecule has 0 heterocycles. The van der Waals surface area contributed by atoms with Gasteiger partial charge < -0.3 is 10.1 Å². The Labute approximate surface area is 94.6 Å². The van der Waals surface area contributed by atoms with Crippen LogP contribution in [0, 0.1) is 17.0 Å². The number of nitrogens with one attached hydrogen (secondary N) is 1. The SMILES string of the molecule is CNCCOCc1ccc(C)c([N+](=O)[O-])c1. The minimum atomic E-state index is -0.369. The first-order chi connectivity index (χ1) is 7.65. The van der Waals surface area contributed by atoms with Crippen LogP contribution in [0.25, 0.3) is 0 Å². The topological polar surface area (TPSA) is 64.4 Å². The van der Waals surface area contributed by atoms with Crippen molar-refractivity contribution in [2.24, 2.45) is 0 Å². The summed E-state index contributed by atoms with van der Waals surface area (Å²) >= 11 is 0. The van der Waals surface area contributed by atoms with Gasteiger partial charge in [-0.05, 0) is 19.5 Å². The van der Waals surface area contributed by atoms with Crippen molar-refractivity contribution in [1.29, 1.82) is 0 Å². The molecule has 5 nitrogen and oxygen atoms in total. The standard InChI is InChI=1S/C11H16N2O3/c1-9-3-4-10(7-11(9)13(14)15)8-16-6-5-12-2/h3-4,7,12H,5-6,8H2,1-2H3. The van der Waals surface area contributed by atoms with Crippen LogP contribution in [-0.2, 0) is 11.3 Å². The monoisotopic (exact) mass is 224 g/mol. The van der Waals surface area contributed by atoms with Gasteiger partial charge in [-0.2, -0.15) is 0 Å². The van der Waals surface area contributed by atoms with E-state index in [1.54, 1.807) is 19.1 Å². The van der Waals surface area contributed by atoms with Crippen LogP contribution in [0.15, 0.2) is 18.2 Å². The van der Waals surface area contributed by atoms with Crippen LogP contribution < -0.4 is 5.32 Å². The van der Waals surface area contributed by atoms with Crippen LogP contribution in [0.5, 0.6) is 0 Å². The van der Waals surface area contributed by atoms with E-state index >= 15 is 0 Å². The van der Waals surface area contributed by atoms with Crippen molar-refractivity contribution in [3.05, 3.63) is 39.4 Å². The zero-order chi connectivity index (χ0) is 12.0. The number of nitro benzene ring substituents is 1. The summed E-state index contributed by atoms with van der Waals surface area (Å²) in [6.07, 6.45) is 0. The van der Waals surface area contributed by atoms with E-state index < -0.39 is 0 Å². The average Bonchev–Trinajstić information content (AvgIpc) is 2.26. The predicted molar refractivity (Wildman–Crippen MR) is 61.4 cm³/mol. The first kappa shape index (κ1) is 12.6. The van der Waals surface area contributed by atoms with E-state index in [1.807, 2.05) is 13.1 Å². The fourth-order valence-electron chi connectivity index (χ4n) is 1.31. The molecule has 16 heavy (non-hydrogen) atoms. The molecule has 0 aliphatic heterocycles. The molecule has 0 saturated heterocycles. The van der Waals surface area contributed by atoms with E-state index in [1.165, 1.54) is 0 Å². The van der Waals surface area contributed by atoms with E-state index in [4.69, 9.17) is 4.74 Å². The number of likely N-dealkylation sites (N-methyl/N-ethyl adjacent to an activating group) is 1. The van der Waals surface area contributed by atoms with Gasteiger partial charge >= 0.3 is 0 Å². The fraction of sp³-hybridized carbons (Fsp3) is 0.455. The molecule has 1 rings (SSSR count). The van der Waals surface area contributed by atoms with E-state index in [2.05, 4.69) is 5.32 Å². The zero-order valence-corrected chi connectivity index (χ0v) is 9.53. The molecule has 1 aromatic rings. The third-order valence-electron chi connectivity index (χ3n) is 2.24. The Hall–Kier alpha value is -1.46. The third kappa shape index (κ3) is 3.60. The van der Waals surface area contributed by atoms with Crippen LogP contribution in [-0.4, -0.2) is 25.1 Å². The lowest BCUT2D eigenvalue weighted by Gasteiger charge is -2.05. The summed E-state index contributed by atoms with van der Waals surface area (Å²) in [7, 11) is 1.85. The zero-order valence-electron chi connectivity index (χ0n) is 9.53. The predicted octanol–water partition coefficient (Wildman–Crippen LogP) is 1.64. The Kier molecular flexibility index (Phi) is 4.88. The smallest absolute Gasteiger partial charge is 0.272 e. The van der Waals surface area contributed by atoms with Gasteiger partial charge in [0, 0.05) is 18.2 Å². The van der Waals surface area contributed by atoms with Gasteiger partial charge in [0.15, 0.2) is 0 Å². The normalized spacial score (nSPS) is 10.4. The molecule has 0 unspecified atom stereocenters. The Bertz CT molecular complexity index is 366. The van der Waals surface area contributed by atoms with Gasteiger partial charge in [-0.1, -0.05) is 12.1 Å². The highest BCUT2D eigenvalue weighted by atomic mass is 16.6. The molecule has 1 aromatic carbocycles. The van der Waals surface area contributed by atoms with E-state index in [0.29, 0.717) is 18.8 Å². The molecule has 0 aliphatic carbocycles. The van der Waals surface area contributed by atoms with Gasteiger partial charge in [-0.25, -0.2) is 0 Å². The Morgan fingerprint density at radius 3 is 2.88 bits per heavy atom. The van der Waals surface area contributed by atoms with Crippen LogP contribution in [0.2, 0.25) is 0 Å². The minimum Gasteiger partial charge on any atom is -0.375 e. The summed E-state index contributed by atoms with van der Waals surface area (Å²) in [6, 6.07) is 5.16. The van der Waals surface area contributed by atoms with E-state index in [9.17, 15) is 10.1 Å². The molecular weight excluding hydrogens is 208 g/mol. The second kappa shape index (κ2) is 6.19. The highest BCUT2D eigenvalue weighted by Gasteiger charge is 2.10. The molecule has 5 heteroatoms. The van der Waals surface area contributed by atoms with Crippen molar-refractivity contribution in [1.82, 2.24) is 5.32 Å². The van der Waals surface area contributed by atoms with Crippen molar-refractivity contribution in [3.8, 4) is 0 Å². The van der Waals surface area contributed by atoms with Crippen molar-refractivity contribution in [2.75, 3.05) is 20.2 Å². The summed E-state index contributed by atoms with van der Waals surface area (Å²) in [4.78, 5) is 10.3. The maximum atomic E-state index is 10.7. The average molecular weight is 224 g/mol. The summed E-state index contributed by atoms with van der Waals surface area (Å²) in [5.74, 6) is 0. The second-order valence-corrected chi connectivity index (χ2v) is 3.53. The van der Waals surface area contributed by atoms with E-state index in [-0.39, 0.29) is 10.6 Å². The first-order valence-corrected chi connectivity index (χ1v) is 5.11. The number of benzene rings is 1. The van der Waals surface area contributed by atoms with Gasteiger partial charge in [0.1, 0.15) is 0 Å². The molecule has 0 bridgehead atoms. The van der Waals surface area contributed by atoms with Crippen LogP contribution in [0.4, 0.5) is 5.69 Å². The van der Waals surface area contributed by atoms with Crippen molar-refractivity contribution >= 4 is 5.69 Å². The van der Waals surface area contributed by atoms with Crippen LogP contribution in [0.3, 0.4) is 0 Å². The summed E-state index contributed by atoms with van der Waals surface area (Å²) in [5, 5.41) is 13.7. The van der Waals surface area contributed by atoms with Crippen LogP contribution in [0.1, 0.15) is 11.1 Å². The van der Waals surface area contributed by atoms with Gasteiger partial charge in [0.05, 0.1) is 18.1 Å². The number of ether oxygens (including phenoxy) is 1. The number of aryl methyl sites for hydroxylation is 1. The molecular formula is C11H16N2O3. The number of hydrogen-bond acceptors (Lipinski definition) is 4. The molecule has 0 fully saturated rings. The largest absolute Gasteiger partial charge is 0.375 e. The summed E-state index contributed by atoms with van der Waals surface area (Å²) in [6.45, 7) is 3.50. The molecule has 0 spiro atoms. The highest BCUT2D eigenvalue weighted by molar-refractivity contribution is 5.42. The molecule has 88 valence electrons. The molecule has 0 aliphatic rings. The third-order valence-corrected chi connectivity index (χ3v) is 2.24. The van der Waals surface area contributed by atoms with Crippen LogP contribution >= 0.6 is 0 Å². The quantitative estimate of drug-likeness (QED) is 0.453. The maximum Gasteiger partial charge on any atom is 0.272 e. The Balaban J connectivity index is 2.61. The second-order valence-electron chi connectivity index (χ2n) is 3.53. The number of rotatable bonds is 6. The molecule has 0 amide bonds. The Morgan fingerprint density at radius 2 is 2.25 bits per heavy atom. The Morgan fingerprint density at radius 1 is 1.50 bits per heavy atom. The van der Waals surface area contributed by atoms with Gasteiger partial charge in [0.2, 0.25) is 0 Å². The lowest BCUT2D eigenvalue weighted by atomic mass is 10.1. The van der Waals surface area contributed by atoms with Gasteiger partial charge in [0.25, 0.3) is 5.69 Å². The number of nitro groups is 1. The van der Waals surface area contributed by atoms with Crippen molar-refractivity contribution in [3.63, 3.8) is 0 Å². The van der Waals surface area contributed by atoms with Crippen molar-refractivity contribution in [2.45, 2.75) is 13.5 Å². The fourth-order valence-corrected chi connectivity index (χ4v) is 1.31. The molecule has 0 atom stereocenters.